The lowest BCUT2D eigenvalue weighted by Crippen LogP contribution is -2.25. The van der Waals surface area contributed by atoms with E-state index >= 15 is 0 Å². The summed E-state index contributed by atoms with van der Waals surface area (Å²) < 4.78 is 0. The fourth-order valence-corrected chi connectivity index (χ4v) is 2.72. The van der Waals surface area contributed by atoms with Crippen molar-refractivity contribution >= 4 is 0 Å². The Morgan fingerprint density at radius 2 is 2.00 bits per heavy atom. The molecule has 1 aromatic carbocycles. The fourth-order valence-electron chi connectivity index (χ4n) is 2.72. The van der Waals surface area contributed by atoms with Crippen LogP contribution in [-0.2, 0) is 6.54 Å². The average Bonchev–Trinajstić information content (AvgIpc) is 2.69. The first-order chi connectivity index (χ1) is 8.16. The summed E-state index contributed by atoms with van der Waals surface area (Å²) in [5, 5.41) is 3.62. The molecule has 0 radical (unpaired) electrons. The Hall–Kier alpha value is -0.860. The van der Waals surface area contributed by atoms with Gasteiger partial charge in [-0.2, -0.15) is 0 Å². The number of hydrogen-bond acceptors (Lipinski definition) is 2. The van der Waals surface area contributed by atoms with E-state index in [1.54, 1.807) is 0 Å². The minimum absolute atomic E-state index is 0.837. The lowest BCUT2D eigenvalue weighted by atomic mass is 10.0. The van der Waals surface area contributed by atoms with Crippen LogP contribution >= 0.6 is 0 Å². The Balaban J connectivity index is 1.82. The van der Waals surface area contributed by atoms with Crippen molar-refractivity contribution in [2.45, 2.75) is 26.8 Å². The van der Waals surface area contributed by atoms with Gasteiger partial charge in [0, 0.05) is 13.1 Å². The first kappa shape index (κ1) is 12.6. The molecule has 1 aliphatic rings. The molecule has 1 heterocycles. The van der Waals surface area contributed by atoms with Crippen molar-refractivity contribution in [3.63, 3.8) is 0 Å². The summed E-state index contributed by atoms with van der Waals surface area (Å²) in [4.78, 5) is 2.42. The molecule has 17 heavy (non-hydrogen) atoms. The van der Waals surface area contributed by atoms with Gasteiger partial charge < -0.3 is 10.2 Å². The van der Waals surface area contributed by atoms with E-state index < -0.39 is 0 Å². The Bertz CT molecular complexity index is 353. The molecule has 0 saturated carbocycles. The summed E-state index contributed by atoms with van der Waals surface area (Å²) in [5.41, 5.74) is 4.28. The average molecular weight is 232 g/mol. The number of rotatable bonds is 4. The van der Waals surface area contributed by atoms with Crippen LogP contribution in [0.1, 0.15) is 23.1 Å². The fraction of sp³-hybridized carbons (Fsp3) is 0.600. The highest BCUT2D eigenvalue weighted by Gasteiger charge is 2.18. The van der Waals surface area contributed by atoms with Crippen LogP contribution < -0.4 is 5.32 Å². The number of benzene rings is 1. The molecule has 0 bridgehead atoms. The number of aryl methyl sites for hydroxylation is 2. The molecule has 0 amide bonds. The highest BCUT2D eigenvalue weighted by atomic mass is 15.1. The van der Waals surface area contributed by atoms with E-state index in [9.17, 15) is 0 Å². The normalized spacial score (nSPS) is 21.0. The third-order valence-corrected chi connectivity index (χ3v) is 3.87. The Labute approximate surface area is 105 Å². The lowest BCUT2D eigenvalue weighted by molar-refractivity contribution is 0.388. The lowest BCUT2D eigenvalue weighted by Gasteiger charge is -2.14. The molecule has 1 fully saturated rings. The quantitative estimate of drug-likeness (QED) is 0.857. The zero-order chi connectivity index (χ0) is 12.3. The monoisotopic (exact) mass is 232 g/mol. The van der Waals surface area contributed by atoms with Crippen molar-refractivity contribution in [1.82, 2.24) is 10.2 Å². The maximum Gasteiger partial charge on any atom is 0.0210 e. The van der Waals surface area contributed by atoms with Crippen LogP contribution in [0.2, 0.25) is 0 Å². The van der Waals surface area contributed by atoms with Gasteiger partial charge in [0.1, 0.15) is 0 Å². The third kappa shape index (κ3) is 3.30. The van der Waals surface area contributed by atoms with Crippen LogP contribution in [0, 0.1) is 19.8 Å². The topological polar surface area (TPSA) is 15.3 Å². The molecule has 1 atom stereocenters. The molecule has 94 valence electrons. The maximum absolute atomic E-state index is 3.62. The van der Waals surface area contributed by atoms with Gasteiger partial charge in [0.15, 0.2) is 0 Å². The predicted octanol–water partition coefficient (Wildman–Crippen LogP) is 2.34. The molecule has 1 N–H and O–H groups in total. The Morgan fingerprint density at radius 1 is 1.29 bits per heavy atom. The maximum atomic E-state index is 3.62. The van der Waals surface area contributed by atoms with Gasteiger partial charge in [-0.15, -0.1) is 0 Å². The van der Waals surface area contributed by atoms with Crippen molar-refractivity contribution in [3.05, 3.63) is 34.9 Å². The second kappa shape index (κ2) is 5.65. The molecule has 1 aliphatic heterocycles. The number of likely N-dealkylation sites (tertiary alicyclic amines) is 1. The summed E-state index contributed by atoms with van der Waals surface area (Å²) in [6.45, 7) is 9.08. The van der Waals surface area contributed by atoms with Crippen molar-refractivity contribution in [2.75, 3.05) is 26.7 Å². The number of nitrogens with one attached hydrogen (secondary N) is 1. The minimum Gasteiger partial charge on any atom is -0.312 e. The van der Waals surface area contributed by atoms with E-state index in [4.69, 9.17) is 0 Å². The minimum atomic E-state index is 0.837. The van der Waals surface area contributed by atoms with Crippen molar-refractivity contribution < 1.29 is 0 Å². The van der Waals surface area contributed by atoms with Crippen LogP contribution in [0.15, 0.2) is 18.2 Å². The molecule has 1 aromatic rings. The van der Waals surface area contributed by atoms with E-state index in [0.29, 0.717) is 0 Å². The van der Waals surface area contributed by atoms with Crippen molar-refractivity contribution in [2.24, 2.45) is 5.92 Å². The van der Waals surface area contributed by atoms with Crippen LogP contribution in [0.4, 0.5) is 0 Å². The Kier molecular flexibility index (Phi) is 4.19. The van der Waals surface area contributed by atoms with Crippen molar-refractivity contribution in [3.8, 4) is 0 Å². The van der Waals surface area contributed by atoms with Gasteiger partial charge in [-0.1, -0.05) is 18.2 Å². The smallest absolute Gasteiger partial charge is 0.0210 e. The van der Waals surface area contributed by atoms with Crippen LogP contribution in [0.25, 0.3) is 0 Å². The largest absolute Gasteiger partial charge is 0.312 e. The standard InChI is InChI=1S/C15H24N2/c1-12-5-4-6-13(2)15(12)10-16-9-14-7-8-17(3)11-14/h4-6,14,16H,7-11H2,1-3H3. The third-order valence-electron chi connectivity index (χ3n) is 3.87. The number of nitrogens with zero attached hydrogens (tertiary/aromatic N) is 1. The van der Waals surface area contributed by atoms with Gasteiger partial charge in [-0.3, -0.25) is 0 Å². The molecule has 0 spiro atoms. The van der Waals surface area contributed by atoms with E-state index in [-0.39, 0.29) is 0 Å². The van der Waals surface area contributed by atoms with Gasteiger partial charge in [0.25, 0.3) is 0 Å². The summed E-state index contributed by atoms with van der Waals surface area (Å²) in [5.74, 6) is 0.837. The second-order valence-electron chi connectivity index (χ2n) is 5.42. The SMILES string of the molecule is Cc1cccc(C)c1CNCC1CCN(C)C1. The summed E-state index contributed by atoms with van der Waals surface area (Å²) in [6, 6.07) is 6.54. The van der Waals surface area contributed by atoms with E-state index in [0.717, 1.165) is 19.0 Å². The van der Waals surface area contributed by atoms with Crippen LogP contribution in [0.5, 0.6) is 0 Å². The van der Waals surface area contributed by atoms with Crippen LogP contribution in [0.3, 0.4) is 0 Å². The molecule has 2 nitrogen and oxygen atoms in total. The summed E-state index contributed by atoms with van der Waals surface area (Å²) >= 11 is 0. The first-order valence-corrected chi connectivity index (χ1v) is 6.61. The van der Waals surface area contributed by atoms with E-state index in [2.05, 4.69) is 49.3 Å². The van der Waals surface area contributed by atoms with Gasteiger partial charge in [0.2, 0.25) is 0 Å². The highest BCUT2D eigenvalue weighted by molar-refractivity contribution is 5.33. The molecule has 2 heteroatoms. The zero-order valence-electron chi connectivity index (χ0n) is 11.3. The van der Waals surface area contributed by atoms with Gasteiger partial charge in [-0.05, 0) is 63.0 Å². The van der Waals surface area contributed by atoms with Gasteiger partial charge >= 0.3 is 0 Å². The molecule has 0 aliphatic carbocycles. The first-order valence-electron chi connectivity index (χ1n) is 6.61. The molecule has 2 rings (SSSR count). The van der Waals surface area contributed by atoms with Crippen LogP contribution in [-0.4, -0.2) is 31.6 Å². The molecular formula is C15H24N2. The predicted molar refractivity (Wildman–Crippen MR) is 73.2 cm³/mol. The van der Waals surface area contributed by atoms with E-state index in [1.807, 2.05) is 0 Å². The molecule has 1 saturated heterocycles. The summed E-state index contributed by atoms with van der Waals surface area (Å²) in [6.07, 6.45) is 1.34. The molecule has 0 aromatic heterocycles. The van der Waals surface area contributed by atoms with Crippen molar-refractivity contribution in [1.29, 1.82) is 0 Å². The van der Waals surface area contributed by atoms with E-state index in [1.165, 1.54) is 36.2 Å². The van der Waals surface area contributed by atoms with Gasteiger partial charge in [-0.25, -0.2) is 0 Å². The number of hydrogen-bond donors (Lipinski definition) is 1. The Morgan fingerprint density at radius 3 is 2.59 bits per heavy atom. The zero-order valence-corrected chi connectivity index (χ0v) is 11.3. The molecule has 1 unspecified atom stereocenters. The molecular weight excluding hydrogens is 208 g/mol. The second-order valence-corrected chi connectivity index (χ2v) is 5.42. The van der Waals surface area contributed by atoms with Gasteiger partial charge in [0.05, 0.1) is 0 Å². The highest BCUT2D eigenvalue weighted by Crippen LogP contribution is 2.15. The summed E-state index contributed by atoms with van der Waals surface area (Å²) in [7, 11) is 2.21.